The molecule has 1 aromatic carbocycles. The second-order valence-corrected chi connectivity index (χ2v) is 13.2. The van der Waals surface area contributed by atoms with Gasteiger partial charge in [0.05, 0.1) is 10.6 Å². The molecule has 0 bridgehead atoms. The van der Waals surface area contributed by atoms with Crippen molar-refractivity contribution in [1.82, 2.24) is 19.9 Å². The predicted octanol–water partition coefficient (Wildman–Crippen LogP) is 3.41. The Balaban J connectivity index is 1.29. The van der Waals surface area contributed by atoms with Crippen LogP contribution in [0.25, 0.3) is 10.3 Å². The molecule has 0 radical (unpaired) electrons. The average molecular weight is 601 g/mol. The van der Waals surface area contributed by atoms with Crippen molar-refractivity contribution in [2.24, 2.45) is 5.10 Å². The van der Waals surface area contributed by atoms with Crippen molar-refractivity contribution in [2.45, 2.75) is 37.0 Å². The van der Waals surface area contributed by atoms with Gasteiger partial charge in [0.2, 0.25) is 5.88 Å². The molecule has 0 spiro atoms. The fourth-order valence-corrected chi connectivity index (χ4v) is 6.99. The van der Waals surface area contributed by atoms with Crippen LogP contribution in [-0.4, -0.2) is 98.7 Å². The third kappa shape index (κ3) is 7.79. The number of likely N-dealkylation sites (tertiary alicyclic amines) is 1. The number of rotatable bonds is 13. The summed E-state index contributed by atoms with van der Waals surface area (Å²) in [7, 11) is -1.91. The monoisotopic (exact) mass is 600 g/mol. The van der Waals surface area contributed by atoms with Crippen LogP contribution in [0.3, 0.4) is 0 Å². The van der Waals surface area contributed by atoms with Gasteiger partial charge in [-0.1, -0.05) is 23.5 Å². The molecule has 2 saturated heterocycles. The molecule has 0 aliphatic carbocycles. The van der Waals surface area contributed by atoms with E-state index in [1.54, 1.807) is 25.3 Å². The number of pyridine rings is 1. The molecule has 3 aromatic rings. The number of methoxy groups -OCH3 is 1. The summed E-state index contributed by atoms with van der Waals surface area (Å²) in [5.74, 6) is 0.104. The number of sulfone groups is 1. The van der Waals surface area contributed by atoms with E-state index < -0.39 is 15.7 Å². The van der Waals surface area contributed by atoms with E-state index >= 15 is 0 Å². The lowest BCUT2D eigenvalue weighted by Crippen LogP contribution is -2.27. The van der Waals surface area contributed by atoms with Crippen molar-refractivity contribution < 1.29 is 22.7 Å². The molecular weight excluding hydrogens is 564 g/mol. The van der Waals surface area contributed by atoms with E-state index in [9.17, 15) is 13.2 Å². The number of benzene rings is 1. The summed E-state index contributed by atoms with van der Waals surface area (Å²) >= 11 is 1.27. The molecule has 2 fully saturated rings. The van der Waals surface area contributed by atoms with Crippen LogP contribution in [0.1, 0.15) is 37.7 Å². The lowest BCUT2D eigenvalue weighted by molar-refractivity contribution is -0.110. The van der Waals surface area contributed by atoms with Crippen LogP contribution in [0, 0.1) is 0 Å². The number of anilines is 1. The van der Waals surface area contributed by atoms with Gasteiger partial charge in [-0.25, -0.2) is 18.4 Å². The number of nitrogens with zero attached hydrogens (tertiary/aromatic N) is 5. The second-order valence-electron chi connectivity index (χ2n) is 10.1. The number of hydrogen-bond acceptors (Lipinski definition) is 11. The summed E-state index contributed by atoms with van der Waals surface area (Å²) in [6, 6.07) is 9.94. The first kappa shape index (κ1) is 29.4. The summed E-state index contributed by atoms with van der Waals surface area (Å²) in [6.07, 6.45) is 4.90. The Hall–Kier alpha value is -3.13. The Morgan fingerprint density at radius 3 is 2.46 bits per heavy atom. The number of hydrazone groups is 1. The first-order valence-corrected chi connectivity index (χ1v) is 16.5. The Bertz CT molecular complexity index is 1460. The lowest BCUT2D eigenvalue weighted by atomic mass is 10.1. The highest BCUT2D eigenvalue weighted by Crippen LogP contribution is 2.27. The molecule has 41 heavy (non-hydrogen) atoms. The maximum absolute atomic E-state index is 13.5. The quantitative estimate of drug-likeness (QED) is 0.232. The van der Waals surface area contributed by atoms with Gasteiger partial charge in [0.1, 0.15) is 17.0 Å². The van der Waals surface area contributed by atoms with E-state index in [1.807, 2.05) is 11.1 Å². The molecule has 2 aliphatic rings. The zero-order valence-corrected chi connectivity index (χ0v) is 24.9. The lowest BCUT2D eigenvalue weighted by Gasteiger charge is -2.14. The van der Waals surface area contributed by atoms with Gasteiger partial charge in [0, 0.05) is 45.0 Å². The highest BCUT2D eigenvalue weighted by molar-refractivity contribution is 7.91. The van der Waals surface area contributed by atoms with Gasteiger partial charge < -0.3 is 9.47 Å². The molecule has 2 aliphatic heterocycles. The van der Waals surface area contributed by atoms with E-state index in [0.717, 1.165) is 45.6 Å². The molecule has 5 rings (SSSR count). The van der Waals surface area contributed by atoms with Crippen LogP contribution in [0.4, 0.5) is 5.13 Å². The number of nitrogens with one attached hydrogen (secondary N) is 1. The molecule has 4 heterocycles. The minimum Gasteiger partial charge on any atom is -0.476 e. The molecular formula is C28H36N6O5S2. The maximum Gasteiger partial charge on any atom is 0.278 e. The Morgan fingerprint density at radius 1 is 1.00 bits per heavy atom. The Kier molecular flexibility index (Phi) is 9.80. The van der Waals surface area contributed by atoms with E-state index in [4.69, 9.17) is 9.47 Å². The Labute approximate surface area is 244 Å². The Morgan fingerprint density at radius 2 is 1.73 bits per heavy atom. The minimum atomic E-state index is -3.45. The van der Waals surface area contributed by atoms with Crippen LogP contribution in [-0.2, 0) is 19.4 Å². The summed E-state index contributed by atoms with van der Waals surface area (Å²) < 4.78 is 36.2. The fourth-order valence-electron chi connectivity index (χ4n) is 4.88. The third-order valence-corrected chi connectivity index (χ3v) is 9.79. The standard InChI is InChI=1S/C28H36N6O5S2/c1-38-18-6-20-41(36,37)22-9-7-21(8-10-22)25(32-34-15-4-5-16-34)26(35)31-28-29-23-11-12-24(30-27(23)40-28)39-19-17-33-13-2-3-14-33/h7-12H,2-6,13-20H2,1H3,(H,29,31,35)/b32-25+. The van der Waals surface area contributed by atoms with E-state index in [1.165, 1.54) is 36.3 Å². The number of thiazole rings is 1. The van der Waals surface area contributed by atoms with E-state index in [2.05, 4.69) is 25.3 Å². The summed E-state index contributed by atoms with van der Waals surface area (Å²) in [6.45, 7) is 5.58. The average Bonchev–Trinajstić information content (AvgIpc) is 3.74. The first-order chi connectivity index (χ1) is 19.9. The highest BCUT2D eigenvalue weighted by Gasteiger charge is 2.22. The van der Waals surface area contributed by atoms with Gasteiger partial charge in [-0.15, -0.1) is 0 Å². The van der Waals surface area contributed by atoms with Crippen molar-refractivity contribution in [3.05, 3.63) is 42.0 Å². The zero-order valence-electron chi connectivity index (χ0n) is 23.3. The number of carbonyl (C=O) groups excluding carboxylic acids is 1. The molecule has 0 atom stereocenters. The van der Waals surface area contributed by atoms with Crippen molar-refractivity contribution in [2.75, 3.05) is 64.1 Å². The summed E-state index contributed by atoms with van der Waals surface area (Å²) in [5.41, 5.74) is 1.39. The topological polar surface area (TPSA) is 126 Å². The van der Waals surface area contributed by atoms with Gasteiger partial charge in [-0.2, -0.15) is 5.10 Å². The van der Waals surface area contributed by atoms with Crippen molar-refractivity contribution in [3.8, 4) is 5.88 Å². The number of ether oxygens (including phenoxy) is 2. The van der Waals surface area contributed by atoms with Gasteiger partial charge >= 0.3 is 0 Å². The summed E-state index contributed by atoms with van der Waals surface area (Å²) in [5, 5.41) is 9.78. The SMILES string of the molecule is COCCCS(=O)(=O)c1ccc(/C(=N\N2CCCC2)C(=O)Nc2nc3ccc(OCCN4CCCC4)nc3s2)cc1. The van der Waals surface area contributed by atoms with Crippen LogP contribution in [0.2, 0.25) is 0 Å². The van der Waals surface area contributed by atoms with Crippen LogP contribution < -0.4 is 10.1 Å². The summed E-state index contributed by atoms with van der Waals surface area (Å²) in [4.78, 5) is 25.8. The van der Waals surface area contributed by atoms with Gasteiger partial charge in [-0.3, -0.25) is 20.0 Å². The molecule has 1 N–H and O–H groups in total. The first-order valence-electron chi connectivity index (χ1n) is 14.0. The van der Waals surface area contributed by atoms with Gasteiger partial charge in [-0.05, 0) is 63.4 Å². The van der Waals surface area contributed by atoms with Crippen molar-refractivity contribution in [1.29, 1.82) is 0 Å². The third-order valence-electron chi connectivity index (χ3n) is 7.09. The van der Waals surface area contributed by atoms with Crippen molar-refractivity contribution in [3.63, 3.8) is 0 Å². The van der Waals surface area contributed by atoms with Crippen molar-refractivity contribution >= 4 is 48.3 Å². The molecule has 2 aromatic heterocycles. The number of aromatic nitrogens is 2. The minimum absolute atomic E-state index is 0.00770. The predicted molar refractivity (Wildman–Crippen MR) is 160 cm³/mol. The number of fused-ring (bicyclic) bond motifs is 1. The van der Waals surface area contributed by atoms with Gasteiger partial charge in [0.25, 0.3) is 5.91 Å². The number of carbonyl (C=O) groups is 1. The maximum atomic E-state index is 13.5. The molecule has 220 valence electrons. The number of amides is 1. The molecule has 0 unspecified atom stereocenters. The molecule has 13 heteroatoms. The molecule has 0 saturated carbocycles. The second kappa shape index (κ2) is 13.7. The normalized spacial score (nSPS) is 16.5. The molecule has 1 amide bonds. The fraction of sp³-hybridized carbons (Fsp3) is 0.500. The van der Waals surface area contributed by atoms with Crippen LogP contribution in [0.15, 0.2) is 46.4 Å². The highest BCUT2D eigenvalue weighted by atomic mass is 32.2. The zero-order chi connectivity index (χ0) is 28.7. The van der Waals surface area contributed by atoms with Gasteiger partial charge in [0.15, 0.2) is 20.7 Å². The van der Waals surface area contributed by atoms with Crippen LogP contribution >= 0.6 is 11.3 Å². The van der Waals surface area contributed by atoms with E-state index in [0.29, 0.717) is 46.6 Å². The molecule has 11 nitrogen and oxygen atoms in total. The largest absolute Gasteiger partial charge is 0.476 e. The van der Waals surface area contributed by atoms with E-state index in [-0.39, 0.29) is 16.4 Å². The smallest absolute Gasteiger partial charge is 0.278 e. The number of hydrogen-bond donors (Lipinski definition) is 1. The van der Waals surface area contributed by atoms with Crippen LogP contribution in [0.5, 0.6) is 5.88 Å².